The fourth-order valence-corrected chi connectivity index (χ4v) is 7.10. The first-order valence-electron chi connectivity index (χ1n) is 42.8. The van der Waals surface area contributed by atoms with Crippen molar-refractivity contribution in [1.29, 1.82) is 0 Å². The maximum absolute atomic E-state index is 10.8. The molecule has 0 unspecified atom stereocenters. The lowest BCUT2D eigenvalue weighted by Crippen LogP contribution is -2.45. The summed E-state index contributed by atoms with van der Waals surface area (Å²) in [5.74, 6) is 0.868. The van der Waals surface area contributed by atoms with E-state index < -0.39 is 21.7 Å². The summed E-state index contributed by atoms with van der Waals surface area (Å²) in [7, 11) is 23.1. The number of aliphatic hydroxyl groups excluding tert-OH is 3. The van der Waals surface area contributed by atoms with E-state index in [9.17, 15) is 99.5 Å². The molecule has 56 heteroatoms. The Labute approximate surface area is 828 Å². The highest BCUT2D eigenvalue weighted by Gasteiger charge is 2.16. The normalized spacial score (nSPS) is 10.4. The summed E-state index contributed by atoms with van der Waals surface area (Å²) in [6, 6.07) is 1.54. The van der Waals surface area contributed by atoms with Crippen LogP contribution in [0.25, 0.3) is 0 Å². The number of hydrazine groups is 3. The number of amides is 20. The molecule has 0 aromatic carbocycles. The van der Waals surface area contributed by atoms with E-state index in [1.807, 2.05) is 19.0 Å². The Kier molecular flexibility index (Phi) is 129. The molecule has 2 aliphatic rings. The number of furan rings is 1. The van der Waals surface area contributed by atoms with Crippen LogP contribution < -0.4 is 95.7 Å². The van der Waals surface area contributed by atoms with Crippen LogP contribution >= 0.6 is 0 Å². The second-order valence-corrected chi connectivity index (χ2v) is 30.5. The second-order valence-electron chi connectivity index (χ2n) is 28.7. The lowest BCUT2D eigenvalue weighted by atomic mass is 10.1. The molecule has 0 aliphatic carbocycles. The van der Waals surface area contributed by atoms with Gasteiger partial charge in [0, 0.05) is 280 Å². The fraction of sp³-hybridized carbons (Fsp3) is 0.702. The number of urea groups is 1. The summed E-state index contributed by atoms with van der Waals surface area (Å²) < 4.78 is 46.9. The minimum atomic E-state index is -3.12. The van der Waals surface area contributed by atoms with E-state index in [-0.39, 0.29) is 139 Å². The van der Waals surface area contributed by atoms with Gasteiger partial charge in [-0.25, -0.2) is 38.6 Å². The third-order valence-electron chi connectivity index (χ3n) is 13.2. The zero-order chi connectivity index (χ0) is 112. The van der Waals surface area contributed by atoms with Crippen molar-refractivity contribution in [3.8, 4) is 12.3 Å². The van der Waals surface area contributed by atoms with Crippen LogP contribution in [0.15, 0.2) is 23.0 Å². The zero-order valence-electron chi connectivity index (χ0n) is 89.2. The monoisotopic (exact) mass is 2050 g/mol. The van der Waals surface area contributed by atoms with Gasteiger partial charge in [0.1, 0.15) is 6.26 Å². The predicted molar refractivity (Wildman–Crippen MR) is 530 cm³/mol. The number of methoxy groups -OCH3 is 2. The minimum absolute atomic E-state index is 0.00463. The molecule has 3 heterocycles. The molecular formula is C84H175N25O30S. The number of nitrogens with one attached hydrogen (secondary N) is 18. The van der Waals surface area contributed by atoms with Crippen molar-refractivity contribution in [2.45, 2.75) is 130 Å². The van der Waals surface area contributed by atoms with Crippen molar-refractivity contribution < 1.29 is 143 Å². The molecule has 1 aromatic heterocycles. The molecule has 3 rings (SSSR count). The van der Waals surface area contributed by atoms with Gasteiger partial charge in [-0.05, 0) is 40.4 Å². The molecule has 822 valence electrons. The largest absolute Gasteiger partial charge is 0.472 e. The molecule has 0 radical (unpaired) electrons. The summed E-state index contributed by atoms with van der Waals surface area (Å²) in [5.41, 5.74) is 11.7. The number of likely N-dealkylation sites (N-methyl/N-ethyl adjacent to an activating group) is 2. The first-order valence-corrected chi connectivity index (χ1v) is 44.7. The highest BCUT2D eigenvalue weighted by molar-refractivity contribution is 7.88. The maximum atomic E-state index is 10.8. The van der Waals surface area contributed by atoms with Gasteiger partial charge in [-0.15, -0.1) is 6.42 Å². The number of hydroxylamine groups is 1. The number of carbonyl (C=O) groups excluding carboxylic acids is 19. The third kappa shape index (κ3) is 182. The quantitative estimate of drug-likeness (QED) is 0.0221. The van der Waals surface area contributed by atoms with E-state index in [2.05, 4.69) is 125 Å². The average molecular weight is 2050 g/mol. The molecule has 140 heavy (non-hydrogen) atoms. The summed E-state index contributed by atoms with van der Waals surface area (Å²) in [4.78, 5) is 208. The number of sulfonamides is 1. The molecule has 2 saturated heterocycles. The summed E-state index contributed by atoms with van der Waals surface area (Å²) in [6.45, 7) is 38.2. The Hall–Kier alpha value is -12.2. The van der Waals surface area contributed by atoms with Gasteiger partial charge in [0.2, 0.25) is 105 Å². The van der Waals surface area contributed by atoms with Crippen LogP contribution in [0.4, 0.5) is 9.59 Å². The van der Waals surface area contributed by atoms with Gasteiger partial charge < -0.3 is 122 Å². The van der Waals surface area contributed by atoms with Crippen molar-refractivity contribution in [3.63, 3.8) is 0 Å². The lowest BCUT2D eigenvalue weighted by Gasteiger charge is -2.26. The van der Waals surface area contributed by atoms with E-state index in [0.717, 1.165) is 76.8 Å². The molecule has 20 amide bonds. The first kappa shape index (κ1) is 159. The van der Waals surface area contributed by atoms with E-state index >= 15 is 0 Å². The van der Waals surface area contributed by atoms with Gasteiger partial charge in [-0.3, -0.25) is 113 Å². The van der Waals surface area contributed by atoms with Gasteiger partial charge in [0.25, 0.3) is 5.91 Å². The minimum Gasteiger partial charge on any atom is -0.472 e. The first-order chi connectivity index (χ1) is 64.8. The zero-order valence-corrected chi connectivity index (χ0v) is 90.0. The number of ether oxygens (including phenoxy) is 4. The molecule has 21 N–H and O–H groups in total. The van der Waals surface area contributed by atoms with Crippen LogP contribution in [0.1, 0.15) is 134 Å². The van der Waals surface area contributed by atoms with Gasteiger partial charge in [-0.1, -0.05) is 5.92 Å². The van der Waals surface area contributed by atoms with Crippen LogP contribution in [-0.2, 0) is 111 Å². The van der Waals surface area contributed by atoms with Crippen LogP contribution in [0.5, 0.6) is 0 Å². The molecule has 0 saturated carbocycles. The number of rotatable bonds is 27. The predicted octanol–water partition coefficient (Wildman–Crippen LogP) is -6.52. The number of alkyl carbamates (subject to hydrolysis) is 1. The maximum Gasteiger partial charge on any atom is 0.406 e. The second kappa shape index (κ2) is 114. The van der Waals surface area contributed by atoms with Gasteiger partial charge in [0.15, 0.2) is 0 Å². The number of hydrogen-bond acceptors (Lipinski definition) is 34. The lowest BCUT2D eigenvalue weighted by molar-refractivity contribution is -0.137. The van der Waals surface area contributed by atoms with Gasteiger partial charge >= 0.3 is 12.1 Å². The molecule has 2 fully saturated rings. The van der Waals surface area contributed by atoms with E-state index in [4.69, 9.17) is 31.2 Å². The standard InChI is InChI=1S/C8H16N2O2.C6H12N2O2.C6H14N2O.C6H11NO2.C6H7NO2.C6H13NO2.C5H12N2O3S.C5H10N2O2.2C5H11NO2.C5H7NO.C4H10N2O2.2C4H10N2O.2C3H7NO2.C3H7NO/c1-8(11)9-2-3-10-4-6-12-7-5-10;1-5(9)7-4-6(10)8(2)3;1-6(9)7-4-5-8(2)3;1-6(8)7-2-4-9-5-3-7;1-7-6(8)5-2-3-9-4-5;1-5(9)7-6(2,3)4-8;1-5(8)6-3-4-7-11(2,9)10;1-4(8)6-7(3)5(2)9;1-5(7)6-3-4-8-2;1-5(8)6-3-2-4-7;1-3-4-6-5(2)7;1-4(8)6-5-2-3-7;1-5-4(7)6(2)3;1-4(7)5-6(2)3;1-4-3(5)6-2;1-3(5)4-6-2;1-3(5)4-2/h2-7H2,1H3,(H,9,11);4H2,1-3H3,(H,7,9);4-5H2,1-3H3,(H,7,9);2-5H2,1H3;2-4H,1H3,(H,7,8);8H,4H2,1-3H3,(H,7,9);7H,3-4H2,1-2H3,(H,6,8);1-3H3,(H,6,8);3-4H2,1-2H3,(H,6,7);7H,2-4H2,1H3,(H,6,8);1H,4H2,2H3,(H,6,7);5,7H,2-3H2,1H3,(H,6,8);2*1-3H3,(H,5,7);2*1-2H3,(H,4,5);1-2H3,(H,4,5). The number of terminal acetylenes is 1. The van der Waals surface area contributed by atoms with Gasteiger partial charge in [-0.2, -0.15) is 0 Å². The number of carbonyl (C=O) groups is 19. The fourth-order valence-electron chi connectivity index (χ4n) is 6.63. The summed E-state index contributed by atoms with van der Waals surface area (Å²) >= 11 is 0. The molecule has 0 spiro atoms. The Balaban J connectivity index is -0.000000101. The molecule has 1 aromatic rings. The Morgan fingerprint density at radius 2 is 0.957 bits per heavy atom. The Bertz CT molecular complexity index is 3500. The highest BCUT2D eigenvalue weighted by Crippen LogP contribution is 2.00. The molecule has 2 aliphatic heterocycles. The number of morpholine rings is 2. The number of nitrogens with zero attached hydrogens (tertiary/aromatic N) is 7. The molecule has 0 bridgehead atoms. The van der Waals surface area contributed by atoms with Crippen molar-refractivity contribution >= 4 is 123 Å². The highest BCUT2D eigenvalue weighted by atomic mass is 32.2. The molecular weight excluding hydrogens is 1870 g/mol. The molecule has 55 nitrogen and oxygen atoms in total. The topological polar surface area (TPSA) is 718 Å². The van der Waals surface area contributed by atoms with Crippen LogP contribution in [0.3, 0.4) is 0 Å². The molecule has 0 atom stereocenters. The van der Waals surface area contributed by atoms with Crippen molar-refractivity contribution in [2.24, 2.45) is 0 Å². The van der Waals surface area contributed by atoms with Crippen LogP contribution in [-0.4, -0.2) is 447 Å². The van der Waals surface area contributed by atoms with E-state index in [0.29, 0.717) is 64.5 Å². The Morgan fingerprint density at radius 1 is 0.507 bits per heavy atom. The summed E-state index contributed by atoms with van der Waals surface area (Å²) in [5, 5.41) is 57.8. The summed E-state index contributed by atoms with van der Waals surface area (Å²) in [6.07, 6.45) is 8.98. The van der Waals surface area contributed by atoms with Crippen molar-refractivity contribution in [3.05, 3.63) is 24.2 Å². The number of aliphatic hydroxyl groups is 3. The smallest absolute Gasteiger partial charge is 0.406 e. The third-order valence-corrected chi connectivity index (χ3v) is 13.9. The van der Waals surface area contributed by atoms with Crippen molar-refractivity contribution in [1.82, 2.24) is 130 Å². The van der Waals surface area contributed by atoms with Crippen LogP contribution in [0.2, 0.25) is 0 Å². The van der Waals surface area contributed by atoms with Crippen LogP contribution in [0, 0.1) is 12.3 Å². The van der Waals surface area contributed by atoms with E-state index in [1.54, 1.807) is 114 Å². The van der Waals surface area contributed by atoms with Gasteiger partial charge in [0.05, 0.1) is 97.2 Å². The number of hydrogen-bond donors (Lipinski definition) is 21. The SMILES string of the molecule is C#CCNC(C)=O.CC(=O)N1CCOCC1.CC(=O)NC(C)(C)CO.CC(=O)NCC(=O)N(C)C.CC(=O)NCCCO.CC(=O)NCCN(C)C.CC(=O)NCCN1CCOCC1.CC(=O)NCCNS(C)(=O)=O.CC(=O)NN(C)C.CC(=O)NN(C)C(C)=O.CC(=O)NNCCO.CNC(=O)N(C)C.CNC(=O)OC.CNC(=O)c1ccoc1.CNC(C)=O.COCCNC(C)=O.CONC(C)=O. The Morgan fingerprint density at radius 3 is 1.21 bits per heavy atom. The van der Waals surface area contributed by atoms with E-state index in [1.165, 1.54) is 141 Å². The van der Waals surface area contributed by atoms with Crippen molar-refractivity contribution in [2.75, 3.05) is 270 Å². The average Bonchev–Trinajstić information content (AvgIpc) is 1.79.